The van der Waals surface area contributed by atoms with Gasteiger partial charge < -0.3 is 20.7 Å². The zero-order valence-corrected chi connectivity index (χ0v) is 30.7. The Hall–Kier alpha value is -5.39. The minimum atomic E-state index is -0.654. The van der Waals surface area contributed by atoms with Gasteiger partial charge in [-0.2, -0.15) is 0 Å². The van der Waals surface area contributed by atoms with Crippen molar-refractivity contribution < 1.29 is 19.1 Å². The van der Waals surface area contributed by atoms with Crippen LogP contribution in [0.4, 0.5) is 10.8 Å². The number of thioether (sulfide) groups is 1. The highest BCUT2D eigenvalue weighted by Gasteiger charge is 2.24. The van der Waals surface area contributed by atoms with Crippen LogP contribution in [0.2, 0.25) is 10.0 Å². The molecule has 6 aromatic rings. The summed E-state index contributed by atoms with van der Waals surface area (Å²) in [6.07, 6.45) is 1.58. The molecule has 0 bridgehead atoms. The number of amides is 3. The number of nitrogens with zero attached hydrogens (tertiary/aromatic N) is 1. The second-order valence-electron chi connectivity index (χ2n) is 11.2. The fraction of sp³-hybridized carbons (Fsp3) is 0.0500. The van der Waals surface area contributed by atoms with E-state index in [4.69, 9.17) is 27.9 Å². The number of thiazole rings is 1. The number of carbonyl (C=O) groups excluding carboxylic acids is 3. The van der Waals surface area contributed by atoms with Gasteiger partial charge in [0.15, 0.2) is 5.13 Å². The van der Waals surface area contributed by atoms with E-state index in [-0.39, 0.29) is 11.6 Å². The molecule has 0 aliphatic carbocycles. The van der Waals surface area contributed by atoms with Crippen molar-refractivity contribution >= 4 is 80.9 Å². The van der Waals surface area contributed by atoms with Crippen molar-refractivity contribution in [2.24, 2.45) is 0 Å². The Morgan fingerprint density at radius 3 is 2.31 bits per heavy atom. The van der Waals surface area contributed by atoms with E-state index in [0.29, 0.717) is 43.4 Å². The van der Waals surface area contributed by atoms with E-state index in [1.807, 2.05) is 53.9 Å². The van der Waals surface area contributed by atoms with Gasteiger partial charge in [-0.25, -0.2) is 4.98 Å². The molecule has 8 nitrogen and oxygen atoms in total. The molecule has 0 radical (unpaired) electrons. The molecular formula is C40H30Cl2N4O4S2. The summed E-state index contributed by atoms with van der Waals surface area (Å²) in [5.41, 5.74) is 3.78. The molecule has 5 aromatic carbocycles. The number of ether oxygens (including phenoxy) is 1. The van der Waals surface area contributed by atoms with Crippen LogP contribution in [0.5, 0.6) is 5.75 Å². The Morgan fingerprint density at radius 2 is 1.56 bits per heavy atom. The summed E-state index contributed by atoms with van der Waals surface area (Å²) < 4.78 is 5.34. The largest absolute Gasteiger partial charge is 0.497 e. The van der Waals surface area contributed by atoms with Gasteiger partial charge in [0.05, 0.1) is 22.8 Å². The van der Waals surface area contributed by atoms with Crippen LogP contribution in [0, 0.1) is 0 Å². The predicted molar refractivity (Wildman–Crippen MR) is 211 cm³/mol. The number of anilines is 2. The SMILES string of the molecule is COc1cccc(/C=C(\NC(=O)c2ccccc2)C(=O)Nc2cccc(SC(C(=O)Nc3nc(-c4ccc(Cl)c(Cl)c4)cs3)c3ccccc3)c2)c1. The predicted octanol–water partition coefficient (Wildman–Crippen LogP) is 10.0. The first-order valence-electron chi connectivity index (χ1n) is 15.8. The van der Waals surface area contributed by atoms with Gasteiger partial charge in [-0.15, -0.1) is 23.1 Å². The molecule has 260 valence electrons. The number of methoxy groups -OCH3 is 1. The Labute approximate surface area is 318 Å². The number of hydrogen-bond donors (Lipinski definition) is 3. The van der Waals surface area contributed by atoms with E-state index in [9.17, 15) is 14.4 Å². The number of carbonyl (C=O) groups is 3. The van der Waals surface area contributed by atoms with Crippen LogP contribution in [0.3, 0.4) is 0 Å². The fourth-order valence-electron chi connectivity index (χ4n) is 5.01. The number of halogens is 2. The second-order valence-corrected chi connectivity index (χ2v) is 14.1. The van der Waals surface area contributed by atoms with Crippen molar-refractivity contribution in [3.05, 3.63) is 165 Å². The van der Waals surface area contributed by atoms with Crippen LogP contribution in [0.25, 0.3) is 17.3 Å². The summed E-state index contributed by atoms with van der Waals surface area (Å²) in [4.78, 5) is 46.0. The van der Waals surface area contributed by atoms with Gasteiger partial charge in [-0.1, -0.05) is 96.0 Å². The molecule has 1 atom stereocenters. The van der Waals surface area contributed by atoms with E-state index >= 15 is 0 Å². The molecular weight excluding hydrogens is 736 g/mol. The Morgan fingerprint density at radius 1 is 0.808 bits per heavy atom. The summed E-state index contributed by atoms with van der Waals surface area (Å²) in [6, 6.07) is 37.6. The van der Waals surface area contributed by atoms with Gasteiger partial charge in [-0.05, 0) is 71.8 Å². The molecule has 52 heavy (non-hydrogen) atoms. The zero-order chi connectivity index (χ0) is 36.5. The van der Waals surface area contributed by atoms with Crippen molar-refractivity contribution in [2.75, 3.05) is 17.7 Å². The molecule has 1 heterocycles. The van der Waals surface area contributed by atoms with Gasteiger partial charge in [0.2, 0.25) is 5.91 Å². The van der Waals surface area contributed by atoms with Gasteiger partial charge in [0.1, 0.15) is 16.7 Å². The van der Waals surface area contributed by atoms with Crippen LogP contribution >= 0.6 is 46.3 Å². The number of rotatable bonds is 12. The summed E-state index contributed by atoms with van der Waals surface area (Å²) in [5.74, 6) is -0.636. The summed E-state index contributed by atoms with van der Waals surface area (Å²) in [6.45, 7) is 0. The van der Waals surface area contributed by atoms with Crippen molar-refractivity contribution in [1.29, 1.82) is 0 Å². The third-order valence-electron chi connectivity index (χ3n) is 7.57. The lowest BCUT2D eigenvalue weighted by Gasteiger charge is -2.17. The number of nitrogens with one attached hydrogen (secondary N) is 3. The third kappa shape index (κ3) is 9.48. The molecule has 3 amide bonds. The first kappa shape index (κ1) is 36.4. The van der Waals surface area contributed by atoms with E-state index in [2.05, 4.69) is 20.9 Å². The summed E-state index contributed by atoms with van der Waals surface area (Å²) in [7, 11) is 1.55. The molecule has 0 saturated carbocycles. The molecule has 0 fully saturated rings. The molecule has 12 heteroatoms. The topological polar surface area (TPSA) is 109 Å². The van der Waals surface area contributed by atoms with E-state index < -0.39 is 17.1 Å². The maximum Gasteiger partial charge on any atom is 0.272 e. The van der Waals surface area contributed by atoms with E-state index in [1.165, 1.54) is 23.1 Å². The minimum absolute atomic E-state index is 0.0328. The van der Waals surface area contributed by atoms with Gasteiger partial charge in [0.25, 0.3) is 11.8 Å². The number of hydrogen-bond acceptors (Lipinski definition) is 7. The summed E-state index contributed by atoms with van der Waals surface area (Å²) in [5, 5.41) is 11.1. The number of benzene rings is 5. The summed E-state index contributed by atoms with van der Waals surface area (Å²) >= 11 is 14.9. The molecule has 1 unspecified atom stereocenters. The minimum Gasteiger partial charge on any atom is -0.497 e. The first-order valence-corrected chi connectivity index (χ1v) is 18.3. The molecule has 0 spiro atoms. The second kappa shape index (κ2) is 17.2. The zero-order valence-electron chi connectivity index (χ0n) is 27.5. The lowest BCUT2D eigenvalue weighted by Crippen LogP contribution is -2.30. The quantitative estimate of drug-likeness (QED) is 0.0846. The van der Waals surface area contributed by atoms with Crippen LogP contribution in [0.15, 0.2) is 143 Å². The van der Waals surface area contributed by atoms with Crippen molar-refractivity contribution in [3.63, 3.8) is 0 Å². The van der Waals surface area contributed by atoms with Crippen LogP contribution in [-0.4, -0.2) is 29.8 Å². The van der Waals surface area contributed by atoms with Gasteiger partial charge >= 0.3 is 0 Å². The highest BCUT2D eigenvalue weighted by molar-refractivity contribution is 8.00. The Balaban J connectivity index is 1.21. The molecule has 3 N–H and O–H groups in total. The van der Waals surface area contributed by atoms with Gasteiger partial charge in [0, 0.05) is 27.1 Å². The lowest BCUT2D eigenvalue weighted by molar-refractivity contribution is -0.116. The average molecular weight is 766 g/mol. The normalized spacial score (nSPS) is 11.7. The van der Waals surface area contributed by atoms with Crippen LogP contribution in [0.1, 0.15) is 26.7 Å². The monoisotopic (exact) mass is 764 g/mol. The first-order chi connectivity index (χ1) is 25.2. The van der Waals surface area contributed by atoms with Crippen molar-refractivity contribution in [3.8, 4) is 17.0 Å². The number of aromatic nitrogens is 1. The Kier molecular flexibility index (Phi) is 12.1. The molecule has 0 aliphatic heterocycles. The molecule has 0 saturated heterocycles. The molecule has 0 aliphatic rings. The van der Waals surface area contributed by atoms with E-state index in [0.717, 1.165) is 16.0 Å². The maximum absolute atomic E-state index is 13.8. The fourth-order valence-corrected chi connectivity index (χ4v) is 7.12. The Bertz CT molecular complexity index is 2250. The van der Waals surface area contributed by atoms with Gasteiger partial charge in [-0.3, -0.25) is 14.4 Å². The molecule has 6 rings (SSSR count). The van der Waals surface area contributed by atoms with Crippen molar-refractivity contribution in [2.45, 2.75) is 10.1 Å². The average Bonchev–Trinajstić information content (AvgIpc) is 3.64. The standard InChI is InChI=1S/C40H30Cl2N4O4S2/c1-50-30-16-8-10-25(20-30)21-34(44-37(47)27-13-6-3-7-14-27)38(48)43-29-15-9-17-31(23-29)52-36(26-11-4-2-5-12-26)39(49)46-40-45-35(24-51-40)28-18-19-32(41)33(42)22-28/h2-24,36H,1H3,(H,43,48)(H,44,47)(H,45,46,49)/b34-21-. The lowest BCUT2D eigenvalue weighted by atomic mass is 10.1. The third-order valence-corrected chi connectivity index (χ3v) is 10.3. The van der Waals surface area contributed by atoms with E-state index in [1.54, 1.807) is 92.0 Å². The highest BCUT2D eigenvalue weighted by Crippen LogP contribution is 2.38. The van der Waals surface area contributed by atoms with Crippen molar-refractivity contribution in [1.82, 2.24) is 10.3 Å². The van der Waals surface area contributed by atoms with Crippen LogP contribution in [-0.2, 0) is 9.59 Å². The molecule has 1 aromatic heterocycles. The smallest absolute Gasteiger partial charge is 0.272 e. The highest BCUT2D eigenvalue weighted by atomic mass is 35.5. The maximum atomic E-state index is 13.8. The van der Waals surface area contributed by atoms with Crippen LogP contribution < -0.4 is 20.7 Å².